The maximum Gasteiger partial charge on any atom is 0.203 e. The highest BCUT2D eigenvalue weighted by molar-refractivity contribution is 5.80. The van der Waals surface area contributed by atoms with Gasteiger partial charge in [0.25, 0.3) is 0 Å². The summed E-state index contributed by atoms with van der Waals surface area (Å²) in [6.45, 7) is 5.43. The van der Waals surface area contributed by atoms with Crippen molar-refractivity contribution in [3.05, 3.63) is 17.7 Å². The number of rotatable bonds is 6. The SMILES string of the molecule is CCOc1c(OC)cc(CNC(=NC)N2CC3CCCCC3C2)cc1OC. The van der Waals surface area contributed by atoms with Crippen LogP contribution >= 0.6 is 0 Å². The molecule has 27 heavy (non-hydrogen) atoms. The van der Waals surface area contributed by atoms with Gasteiger partial charge in [0, 0.05) is 26.7 Å². The van der Waals surface area contributed by atoms with Crippen molar-refractivity contribution in [2.24, 2.45) is 16.8 Å². The highest BCUT2D eigenvalue weighted by Crippen LogP contribution is 2.39. The van der Waals surface area contributed by atoms with Crippen molar-refractivity contribution in [1.82, 2.24) is 10.2 Å². The predicted octanol–water partition coefficient (Wildman–Crippen LogP) is 3.30. The van der Waals surface area contributed by atoms with Crippen LogP contribution in [-0.4, -0.2) is 51.8 Å². The van der Waals surface area contributed by atoms with Crippen molar-refractivity contribution in [2.45, 2.75) is 39.2 Å². The van der Waals surface area contributed by atoms with Crippen molar-refractivity contribution in [2.75, 3.05) is 41.0 Å². The predicted molar refractivity (Wildman–Crippen MR) is 108 cm³/mol. The van der Waals surface area contributed by atoms with E-state index < -0.39 is 0 Å². The van der Waals surface area contributed by atoms with E-state index in [1.807, 2.05) is 26.1 Å². The number of fused-ring (bicyclic) bond motifs is 1. The van der Waals surface area contributed by atoms with Crippen LogP contribution in [0.15, 0.2) is 17.1 Å². The molecule has 0 spiro atoms. The van der Waals surface area contributed by atoms with Gasteiger partial charge < -0.3 is 24.4 Å². The summed E-state index contributed by atoms with van der Waals surface area (Å²) < 4.78 is 16.7. The maximum atomic E-state index is 5.68. The Morgan fingerprint density at radius 3 is 2.19 bits per heavy atom. The first-order valence-corrected chi connectivity index (χ1v) is 10.0. The molecule has 1 heterocycles. The largest absolute Gasteiger partial charge is 0.493 e. The lowest BCUT2D eigenvalue weighted by Gasteiger charge is -2.22. The Morgan fingerprint density at radius 1 is 1.11 bits per heavy atom. The summed E-state index contributed by atoms with van der Waals surface area (Å²) >= 11 is 0. The Morgan fingerprint density at radius 2 is 1.70 bits per heavy atom. The number of nitrogens with one attached hydrogen (secondary N) is 1. The number of methoxy groups -OCH3 is 2. The van der Waals surface area contributed by atoms with Crippen LogP contribution in [0.25, 0.3) is 0 Å². The van der Waals surface area contributed by atoms with E-state index >= 15 is 0 Å². The molecule has 3 rings (SSSR count). The third kappa shape index (κ3) is 4.42. The number of benzene rings is 1. The highest BCUT2D eigenvalue weighted by Gasteiger charge is 2.35. The van der Waals surface area contributed by atoms with Gasteiger partial charge in [0.2, 0.25) is 5.75 Å². The van der Waals surface area contributed by atoms with Gasteiger partial charge in [-0.05, 0) is 49.3 Å². The topological polar surface area (TPSA) is 55.3 Å². The zero-order valence-corrected chi connectivity index (χ0v) is 17.1. The lowest BCUT2D eigenvalue weighted by molar-refractivity contribution is 0.288. The summed E-state index contributed by atoms with van der Waals surface area (Å²) in [5, 5.41) is 3.52. The zero-order valence-electron chi connectivity index (χ0n) is 17.1. The molecule has 6 nitrogen and oxygen atoms in total. The summed E-state index contributed by atoms with van der Waals surface area (Å²) in [6, 6.07) is 4.00. The van der Waals surface area contributed by atoms with Crippen LogP contribution in [-0.2, 0) is 6.54 Å². The van der Waals surface area contributed by atoms with E-state index in [4.69, 9.17) is 14.2 Å². The molecule has 0 amide bonds. The molecular formula is C21H33N3O3. The highest BCUT2D eigenvalue weighted by atomic mass is 16.5. The normalized spacial score (nSPS) is 22.4. The first-order chi connectivity index (χ1) is 13.2. The van der Waals surface area contributed by atoms with Gasteiger partial charge in [-0.1, -0.05) is 12.8 Å². The average molecular weight is 376 g/mol. The molecule has 2 atom stereocenters. The second kappa shape index (κ2) is 9.20. The van der Waals surface area contributed by atoms with E-state index in [-0.39, 0.29) is 0 Å². The van der Waals surface area contributed by atoms with Crippen LogP contribution in [0, 0.1) is 11.8 Å². The molecule has 1 aliphatic heterocycles. The van der Waals surface area contributed by atoms with Gasteiger partial charge in [-0.15, -0.1) is 0 Å². The fourth-order valence-corrected chi connectivity index (χ4v) is 4.42. The van der Waals surface area contributed by atoms with Gasteiger partial charge >= 0.3 is 0 Å². The Balaban J connectivity index is 1.68. The fraction of sp³-hybridized carbons (Fsp3) is 0.667. The van der Waals surface area contributed by atoms with Gasteiger partial charge in [0.05, 0.1) is 20.8 Å². The molecule has 1 N–H and O–H groups in total. The molecule has 2 aliphatic rings. The van der Waals surface area contributed by atoms with Gasteiger partial charge in [-0.3, -0.25) is 4.99 Å². The van der Waals surface area contributed by atoms with E-state index in [2.05, 4.69) is 15.2 Å². The summed E-state index contributed by atoms with van der Waals surface area (Å²) in [4.78, 5) is 6.94. The van der Waals surface area contributed by atoms with Crippen LogP contribution in [0.5, 0.6) is 17.2 Å². The first-order valence-electron chi connectivity index (χ1n) is 10.0. The van der Waals surface area contributed by atoms with Crippen molar-refractivity contribution in [1.29, 1.82) is 0 Å². The molecule has 1 aromatic carbocycles. The van der Waals surface area contributed by atoms with E-state index in [0.717, 1.165) is 36.4 Å². The van der Waals surface area contributed by atoms with E-state index in [0.29, 0.717) is 30.4 Å². The first kappa shape index (κ1) is 19.6. The monoisotopic (exact) mass is 375 g/mol. The molecule has 1 saturated heterocycles. The summed E-state index contributed by atoms with van der Waals surface area (Å²) in [5.74, 6) is 4.69. The molecule has 2 unspecified atom stereocenters. The Labute approximate surface area is 162 Å². The second-order valence-electron chi connectivity index (χ2n) is 7.37. The molecule has 150 valence electrons. The molecule has 1 aliphatic carbocycles. The number of hydrogen-bond acceptors (Lipinski definition) is 4. The lowest BCUT2D eigenvalue weighted by Crippen LogP contribution is -2.39. The number of ether oxygens (including phenoxy) is 3. The minimum Gasteiger partial charge on any atom is -0.493 e. The Bertz CT molecular complexity index is 623. The molecule has 2 fully saturated rings. The third-order valence-corrected chi connectivity index (χ3v) is 5.75. The molecule has 6 heteroatoms. The average Bonchev–Trinajstić information content (AvgIpc) is 3.13. The minimum atomic E-state index is 0.564. The maximum absolute atomic E-state index is 5.68. The smallest absolute Gasteiger partial charge is 0.203 e. The molecule has 0 radical (unpaired) electrons. The number of nitrogens with zero attached hydrogens (tertiary/aromatic N) is 2. The Kier molecular flexibility index (Phi) is 6.69. The van der Waals surface area contributed by atoms with Crippen LogP contribution in [0.1, 0.15) is 38.2 Å². The standard InChI is InChI=1S/C21H33N3O3/c1-5-27-20-18(25-3)10-15(11-19(20)26-4)12-23-21(22-2)24-13-16-8-6-7-9-17(16)14-24/h10-11,16-17H,5-9,12-14H2,1-4H3,(H,22,23). The van der Waals surface area contributed by atoms with Gasteiger partial charge in [0.15, 0.2) is 17.5 Å². The van der Waals surface area contributed by atoms with Crippen LogP contribution in [0.4, 0.5) is 0 Å². The third-order valence-electron chi connectivity index (χ3n) is 5.75. The zero-order chi connectivity index (χ0) is 19.2. The van der Waals surface area contributed by atoms with Crippen molar-refractivity contribution in [3.8, 4) is 17.2 Å². The van der Waals surface area contributed by atoms with E-state index in [9.17, 15) is 0 Å². The van der Waals surface area contributed by atoms with Gasteiger partial charge in [0.1, 0.15) is 0 Å². The summed E-state index contributed by atoms with van der Waals surface area (Å²) in [6.07, 6.45) is 5.50. The molecule has 0 aromatic heterocycles. The van der Waals surface area contributed by atoms with Gasteiger partial charge in [-0.25, -0.2) is 0 Å². The molecule has 1 saturated carbocycles. The van der Waals surface area contributed by atoms with E-state index in [1.54, 1.807) is 14.2 Å². The number of guanidine groups is 1. The number of aliphatic imine (C=N–C) groups is 1. The van der Waals surface area contributed by atoms with Crippen molar-refractivity contribution >= 4 is 5.96 Å². The van der Waals surface area contributed by atoms with Crippen LogP contribution < -0.4 is 19.5 Å². The molecule has 0 bridgehead atoms. The summed E-state index contributed by atoms with van der Waals surface area (Å²) in [5.41, 5.74) is 1.07. The van der Waals surface area contributed by atoms with E-state index in [1.165, 1.54) is 25.7 Å². The Hall–Kier alpha value is -2.11. The molecular weight excluding hydrogens is 342 g/mol. The fourth-order valence-electron chi connectivity index (χ4n) is 4.42. The second-order valence-corrected chi connectivity index (χ2v) is 7.37. The lowest BCUT2D eigenvalue weighted by atomic mass is 9.82. The van der Waals surface area contributed by atoms with Crippen molar-refractivity contribution in [3.63, 3.8) is 0 Å². The van der Waals surface area contributed by atoms with Crippen molar-refractivity contribution < 1.29 is 14.2 Å². The molecule has 1 aromatic rings. The quantitative estimate of drug-likeness (QED) is 0.611. The minimum absolute atomic E-state index is 0.564. The van der Waals surface area contributed by atoms with Gasteiger partial charge in [-0.2, -0.15) is 0 Å². The van der Waals surface area contributed by atoms with Crippen LogP contribution in [0.2, 0.25) is 0 Å². The summed E-state index contributed by atoms with van der Waals surface area (Å²) in [7, 11) is 5.17. The van der Waals surface area contributed by atoms with Crippen LogP contribution in [0.3, 0.4) is 0 Å². The number of likely N-dealkylation sites (tertiary alicyclic amines) is 1. The number of hydrogen-bond donors (Lipinski definition) is 1.